The smallest absolute Gasteiger partial charge is 0.323 e. The van der Waals surface area contributed by atoms with Crippen molar-refractivity contribution in [2.75, 3.05) is 18.5 Å². The lowest BCUT2D eigenvalue weighted by atomic mass is 10.1. The second-order valence-corrected chi connectivity index (χ2v) is 4.39. The van der Waals surface area contributed by atoms with E-state index in [-0.39, 0.29) is 6.54 Å². The molecule has 5 heteroatoms. The van der Waals surface area contributed by atoms with Crippen molar-refractivity contribution in [3.8, 4) is 11.1 Å². The molecule has 1 aromatic heterocycles. The molecule has 0 saturated carbocycles. The minimum absolute atomic E-state index is 0.121. The van der Waals surface area contributed by atoms with Gasteiger partial charge in [-0.1, -0.05) is 29.8 Å². The molecule has 0 saturated heterocycles. The quantitative estimate of drug-likeness (QED) is 0.907. The van der Waals surface area contributed by atoms with Crippen LogP contribution >= 0.6 is 0 Å². The SMILES string of the molecule is Cc1ccc(-c2cnc(N(C)CC(=O)O)nc2)cc1. The van der Waals surface area contributed by atoms with Crippen molar-refractivity contribution in [3.05, 3.63) is 42.2 Å². The number of aryl methyl sites for hydroxylation is 1. The van der Waals surface area contributed by atoms with Gasteiger partial charge in [0, 0.05) is 25.0 Å². The van der Waals surface area contributed by atoms with E-state index in [2.05, 4.69) is 9.97 Å². The fourth-order valence-electron chi connectivity index (χ4n) is 1.69. The molecule has 0 aliphatic rings. The summed E-state index contributed by atoms with van der Waals surface area (Å²) in [5.41, 5.74) is 3.15. The third-order valence-electron chi connectivity index (χ3n) is 2.74. The number of carboxylic acids is 1. The van der Waals surface area contributed by atoms with Crippen LogP contribution in [0.2, 0.25) is 0 Å². The molecule has 0 amide bonds. The molecule has 1 N–H and O–H groups in total. The Morgan fingerprint density at radius 2 is 1.74 bits per heavy atom. The summed E-state index contributed by atoms with van der Waals surface area (Å²) in [5.74, 6) is -0.507. The first-order chi connectivity index (χ1) is 9.06. The number of aromatic nitrogens is 2. The Morgan fingerprint density at radius 3 is 2.26 bits per heavy atom. The highest BCUT2D eigenvalue weighted by molar-refractivity contribution is 5.72. The summed E-state index contributed by atoms with van der Waals surface area (Å²) in [6.07, 6.45) is 3.40. The van der Waals surface area contributed by atoms with Crippen LogP contribution in [0.5, 0.6) is 0 Å². The van der Waals surface area contributed by atoms with Crippen LogP contribution in [0.1, 0.15) is 5.56 Å². The molecule has 19 heavy (non-hydrogen) atoms. The highest BCUT2D eigenvalue weighted by Gasteiger charge is 2.08. The molecule has 1 heterocycles. The predicted octanol–water partition coefficient (Wildman–Crippen LogP) is 1.97. The number of rotatable bonds is 4. The molecule has 0 spiro atoms. The molecule has 0 atom stereocenters. The first-order valence-electron chi connectivity index (χ1n) is 5.88. The lowest BCUT2D eigenvalue weighted by molar-refractivity contribution is -0.135. The summed E-state index contributed by atoms with van der Waals surface area (Å²) in [7, 11) is 1.65. The average Bonchev–Trinajstić information content (AvgIpc) is 2.39. The third-order valence-corrected chi connectivity index (χ3v) is 2.74. The first kappa shape index (κ1) is 13.0. The van der Waals surface area contributed by atoms with Gasteiger partial charge in [0.25, 0.3) is 0 Å². The maximum absolute atomic E-state index is 10.6. The minimum atomic E-state index is -0.909. The van der Waals surface area contributed by atoms with Crippen LogP contribution < -0.4 is 4.90 Å². The zero-order chi connectivity index (χ0) is 13.8. The van der Waals surface area contributed by atoms with Gasteiger partial charge in [0.1, 0.15) is 6.54 Å². The van der Waals surface area contributed by atoms with Crippen molar-refractivity contribution < 1.29 is 9.90 Å². The summed E-state index contributed by atoms with van der Waals surface area (Å²) in [4.78, 5) is 20.5. The highest BCUT2D eigenvalue weighted by Crippen LogP contribution is 2.19. The van der Waals surface area contributed by atoms with Crippen molar-refractivity contribution in [2.24, 2.45) is 0 Å². The van der Waals surface area contributed by atoms with Gasteiger partial charge in [0.05, 0.1) is 0 Å². The van der Waals surface area contributed by atoms with E-state index in [0.717, 1.165) is 11.1 Å². The maximum atomic E-state index is 10.6. The van der Waals surface area contributed by atoms with Gasteiger partial charge in [0.2, 0.25) is 5.95 Å². The van der Waals surface area contributed by atoms with E-state index in [1.807, 2.05) is 31.2 Å². The van der Waals surface area contributed by atoms with Crippen LogP contribution in [-0.2, 0) is 4.79 Å². The van der Waals surface area contributed by atoms with Gasteiger partial charge in [-0.2, -0.15) is 0 Å². The van der Waals surface area contributed by atoms with E-state index in [0.29, 0.717) is 5.95 Å². The van der Waals surface area contributed by atoms with Crippen LogP contribution in [0.4, 0.5) is 5.95 Å². The maximum Gasteiger partial charge on any atom is 0.323 e. The van der Waals surface area contributed by atoms with Crippen LogP contribution in [0.15, 0.2) is 36.7 Å². The standard InChI is InChI=1S/C14H15N3O2/c1-10-3-5-11(6-4-10)12-7-15-14(16-8-12)17(2)9-13(18)19/h3-8H,9H2,1-2H3,(H,18,19). The zero-order valence-electron chi connectivity index (χ0n) is 10.9. The van der Waals surface area contributed by atoms with Crippen molar-refractivity contribution >= 4 is 11.9 Å². The van der Waals surface area contributed by atoms with Gasteiger partial charge >= 0.3 is 5.97 Å². The Bertz CT molecular complexity index is 564. The van der Waals surface area contributed by atoms with E-state index >= 15 is 0 Å². The van der Waals surface area contributed by atoms with E-state index in [1.54, 1.807) is 19.4 Å². The summed E-state index contributed by atoms with van der Waals surface area (Å²) in [6, 6.07) is 8.07. The highest BCUT2D eigenvalue weighted by atomic mass is 16.4. The second-order valence-electron chi connectivity index (χ2n) is 4.39. The van der Waals surface area contributed by atoms with Gasteiger partial charge in [-0.15, -0.1) is 0 Å². The number of benzene rings is 1. The van der Waals surface area contributed by atoms with Crippen molar-refractivity contribution in [2.45, 2.75) is 6.92 Å². The summed E-state index contributed by atoms with van der Waals surface area (Å²) >= 11 is 0. The number of carboxylic acid groups (broad SMARTS) is 1. The van der Waals surface area contributed by atoms with Gasteiger partial charge in [-0.05, 0) is 12.5 Å². The normalized spacial score (nSPS) is 10.2. The molecule has 2 aromatic rings. The van der Waals surface area contributed by atoms with Crippen molar-refractivity contribution in [1.29, 1.82) is 0 Å². The minimum Gasteiger partial charge on any atom is -0.480 e. The average molecular weight is 257 g/mol. The Labute approximate surface area is 111 Å². The lowest BCUT2D eigenvalue weighted by Crippen LogP contribution is -2.26. The Hall–Kier alpha value is -2.43. The molecule has 2 rings (SSSR count). The molecule has 98 valence electrons. The van der Waals surface area contributed by atoms with Crippen LogP contribution in [0, 0.1) is 6.92 Å². The van der Waals surface area contributed by atoms with Gasteiger partial charge in [0.15, 0.2) is 0 Å². The number of carbonyl (C=O) groups is 1. The largest absolute Gasteiger partial charge is 0.480 e. The number of likely N-dealkylation sites (N-methyl/N-ethyl adjacent to an activating group) is 1. The molecular formula is C14H15N3O2. The first-order valence-corrected chi connectivity index (χ1v) is 5.88. The topological polar surface area (TPSA) is 66.3 Å². The monoisotopic (exact) mass is 257 g/mol. The van der Waals surface area contributed by atoms with Crippen molar-refractivity contribution in [1.82, 2.24) is 9.97 Å². The molecule has 5 nitrogen and oxygen atoms in total. The van der Waals surface area contributed by atoms with E-state index < -0.39 is 5.97 Å². The Balaban J connectivity index is 2.18. The summed E-state index contributed by atoms with van der Waals surface area (Å²) < 4.78 is 0. The Kier molecular flexibility index (Phi) is 3.75. The van der Waals surface area contributed by atoms with E-state index in [9.17, 15) is 4.79 Å². The number of anilines is 1. The van der Waals surface area contributed by atoms with E-state index in [4.69, 9.17) is 5.11 Å². The second kappa shape index (κ2) is 5.48. The number of hydrogen-bond acceptors (Lipinski definition) is 4. The van der Waals surface area contributed by atoms with Gasteiger partial charge < -0.3 is 10.0 Å². The van der Waals surface area contributed by atoms with Gasteiger partial charge in [-0.25, -0.2) is 9.97 Å². The molecule has 0 bridgehead atoms. The van der Waals surface area contributed by atoms with Gasteiger partial charge in [-0.3, -0.25) is 4.79 Å². The van der Waals surface area contributed by atoms with Crippen LogP contribution in [0.3, 0.4) is 0 Å². The van der Waals surface area contributed by atoms with E-state index in [1.165, 1.54) is 10.5 Å². The summed E-state index contributed by atoms with van der Waals surface area (Å²) in [6.45, 7) is 1.91. The fourth-order valence-corrected chi connectivity index (χ4v) is 1.69. The van der Waals surface area contributed by atoms with Crippen LogP contribution in [-0.4, -0.2) is 34.6 Å². The number of nitrogens with zero attached hydrogens (tertiary/aromatic N) is 3. The molecule has 1 aromatic carbocycles. The lowest BCUT2D eigenvalue weighted by Gasteiger charge is -2.14. The fraction of sp³-hybridized carbons (Fsp3) is 0.214. The summed E-state index contributed by atoms with van der Waals surface area (Å²) in [5, 5.41) is 8.71. The molecule has 0 radical (unpaired) electrons. The molecule has 0 fully saturated rings. The van der Waals surface area contributed by atoms with Crippen LogP contribution in [0.25, 0.3) is 11.1 Å². The molecular weight excluding hydrogens is 242 g/mol. The third kappa shape index (κ3) is 3.28. The predicted molar refractivity (Wildman–Crippen MR) is 73.1 cm³/mol. The number of aliphatic carboxylic acids is 1. The Morgan fingerprint density at radius 1 is 1.16 bits per heavy atom. The van der Waals surface area contributed by atoms with Crippen molar-refractivity contribution in [3.63, 3.8) is 0 Å². The molecule has 0 unspecified atom stereocenters. The molecule has 0 aliphatic heterocycles. The number of hydrogen-bond donors (Lipinski definition) is 1. The zero-order valence-corrected chi connectivity index (χ0v) is 10.9. The molecule has 0 aliphatic carbocycles.